The minimum Gasteiger partial charge on any atom is -0.378 e. The van der Waals surface area contributed by atoms with E-state index in [1.807, 2.05) is 6.20 Å². The van der Waals surface area contributed by atoms with Gasteiger partial charge in [0.1, 0.15) is 0 Å². The molecule has 1 nitrogen and oxygen atoms in total. The van der Waals surface area contributed by atoms with E-state index in [1.54, 1.807) is 0 Å². The van der Waals surface area contributed by atoms with Crippen LogP contribution in [-0.4, -0.2) is 18.0 Å². The molecule has 0 unspecified atom stereocenters. The Morgan fingerprint density at radius 2 is 1.69 bits per heavy atom. The number of likely N-dealkylation sites (tertiary alicyclic amines) is 1. The van der Waals surface area contributed by atoms with Crippen molar-refractivity contribution in [3.05, 3.63) is 12.8 Å². The van der Waals surface area contributed by atoms with Crippen molar-refractivity contribution in [2.45, 2.75) is 52.4 Å². The molecule has 0 aromatic heterocycles. The van der Waals surface area contributed by atoms with Crippen LogP contribution in [0, 0.1) is 17.3 Å². The standard InChI is InChI=1S/C15H27N/c1-4-16-11-9-15(10-12-16)7-5-14(6-8-15)13(2)3/h4,13-14H,1,5-12H2,2-3H3. The van der Waals surface area contributed by atoms with Crippen LogP contribution < -0.4 is 0 Å². The van der Waals surface area contributed by atoms with Gasteiger partial charge in [-0.05, 0) is 62.0 Å². The summed E-state index contributed by atoms with van der Waals surface area (Å²) in [5.74, 6) is 1.90. The van der Waals surface area contributed by atoms with E-state index >= 15 is 0 Å². The summed E-state index contributed by atoms with van der Waals surface area (Å²) in [4.78, 5) is 2.39. The van der Waals surface area contributed by atoms with Crippen LogP contribution in [-0.2, 0) is 0 Å². The van der Waals surface area contributed by atoms with Gasteiger partial charge in [0.25, 0.3) is 0 Å². The third kappa shape index (κ3) is 2.44. The zero-order valence-corrected chi connectivity index (χ0v) is 11.0. The van der Waals surface area contributed by atoms with Crippen LogP contribution in [0.15, 0.2) is 12.8 Å². The normalized spacial score (nSPS) is 26.3. The fourth-order valence-electron chi connectivity index (χ4n) is 3.60. The van der Waals surface area contributed by atoms with Gasteiger partial charge in [-0.2, -0.15) is 0 Å². The lowest BCUT2D eigenvalue weighted by Crippen LogP contribution is -2.40. The Bertz CT molecular complexity index is 226. The molecule has 2 fully saturated rings. The molecule has 1 saturated heterocycles. The van der Waals surface area contributed by atoms with E-state index in [1.165, 1.54) is 51.6 Å². The summed E-state index contributed by atoms with van der Waals surface area (Å²) in [6.07, 6.45) is 10.8. The van der Waals surface area contributed by atoms with Crippen molar-refractivity contribution in [1.82, 2.24) is 4.90 Å². The average Bonchev–Trinajstić information content (AvgIpc) is 2.31. The first kappa shape index (κ1) is 12.0. The molecule has 1 aliphatic heterocycles. The van der Waals surface area contributed by atoms with Crippen molar-refractivity contribution in [2.24, 2.45) is 17.3 Å². The number of piperidine rings is 1. The van der Waals surface area contributed by atoms with Crippen molar-refractivity contribution >= 4 is 0 Å². The third-order valence-electron chi connectivity index (χ3n) is 5.15. The minimum atomic E-state index is 0.713. The summed E-state index contributed by atoms with van der Waals surface area (Å²) in [7, 11) is 0. The second kappa shape index (κ2) is 4.81. The van der Waals surface area contributed by atoms with Crippen molar-refractivity contribution in [3.8, 4) is 0 Å². The lowest BCUT2D eigenvalue weighted by Gasteiger charge is -2.46. The summed E-state index contributed by atoms with van der Waals surface area (Å²) < 4.78 is 0. The molecule has 0 N–H and O–H groups in total. The SMILES string of the molecule is C=CN1CCC2(CCC(C(C)C)CC2)CC1. The smallest absolute Gasteiger partial charge is 0.0177 e. The van der Waals surface area contributed by atoms with E-state index in [0.29, 0.717) is 5.41 Å². The number of nitrogens with zero attached hydrogens (tertiary/aromatic N) is 1. The summed E-state index contributed by atoms with van der Waals surface area (Å²) in [6.45, 7) is 11.2. The molecule has 1 heteroatoms. The maximum absolute atomic E-state index is 3.88. The summed E-state index contributed by atoms with van der Waals surface area (Å²) in [5.41, 5.74) is 0.713. The Morgan fingerprint density at radius 1 is 1.12 bits per heavy atom. The molecule has 1 aliphatic carbocycles. The van der Waals surface area contributed by atoms with Crippen LogP contribution in [0.5, 0.6) is 0 Å². The first-order valence-corrected chi connectivity index (χ1v) is 7.02. The van der Waals surface area contributed by atoms with Crippen molar-refractivity contribution in [1.29, 1.82) is 0 Å². The molecule has 16 heavy (non-hydrogen) atoms. The van der Waals surface area contributed by atoms with E-state index in [9.17, 15) is 0 Å². The predicted molar refractivity (Wildman–Crippen MR) is 70.2 cm³/mol. The van der Waals surface area contributed by atoms with Crippen LogP contribution in [0.4, 0.5) is 0 Å². The van der Waals surface area contributed by atoms with E-state index in [0.717, 1.165) is 11.8 Å². The lowest BCUT2D eigenvalue weighted by atomic mass is 9.64. The third-order valence-corrected chi connectivity index (χ3v) is 5.15. The topological polar surface area (TPSA) is 3.24 Å². The van der Waals surface area contributed by atoms with E-state index in [4.69, 9.17) is 0 Å². The highest BCUT2D eigenvalue weighted by Crippen LogP contribution is 2.47. The second-order valence-corrected chi connectivity index (χ2v) is 6.30. The zero-order valence-electron chi connectivity index (χ0n) is 11.0. The maximum Gasteiger partial charge on any atom is 0.0177 e. The Kier molecular flexibility index (Phi) is 3.61. The van der Waals surface area contributed by atoms with Gasteiger partial charge < -0.3 is 4.90 Å². The molecule has 0 atom stereocenters. The molecule has 0 radical (unpaired) electrons. The number of hydrogen-bond acceptors (Lipinski definition) is 1. The van der Waals surface area contributed by atoms with E-state index < -0.39 is 0 Å². The fraction of sp³-hybridized carbons (Fsp3) is 0.867. The van der Waals surface area contributed by atoms with Gasteiger partial charge in [-0.25, -0.2) is 0 Å². The van der Waals surface area contributed by atoms with Crippen LogP contribution in [0.2, 0.25) is 0 Å². The van der Waals surface area contributed by atoms with Gasteiger partial charge in [-0.3, -0.25) is 0 Å². The first-order chi connectivity index (χ1) is 7.65. The largest absolute Gasteiger partial charge is 0.378 e. The molecule has 2 aliphatic rings. The van der Waals surface area contributed by atoms with Crippen LogP contribution >= 0.6 is 0 Å². The van der Waals surface area contributed by atoms with E-state index in [2.05, 4.69) is 25.3 Å². The second-order valence-electron chi connectivity index (χ2n) is 6.30. The van der Waals surface area contributed by atoms with Crippen molar-refractivity contribution in [2.75, 3.05) is 13.1 Å². The first-order valence-electron chi connectivity index (χ1n) is 7.02. The maximum atomic E-state index is 3.88. The van der Waals surface area contributed by atoms with Gasteiger partial charge >= 0.3 is 0 Å². The number of hydrogen-bond donors (Lipinski definition) is 0. The molecule has 92 valence electrons. The molecule has 0 bridgehead atoms. The molecular weight excluding hydrogens is 194 g/mol. The Morgan fingerprint density at radius 3 is 2.12 bits per heavy atom. The Labute approximate surface area is 101 Å². The molecular formula is C15H27N. The highest BCUT2D eigenvalue weighted by Gasteiger charge is 2.37. The fourth-order valence-corrected chi connectivity index (χ4v) is 3.60. The van der Waals surface area contributed by atoms with Gasteiger partial charge in [-0.1, -0.05) is 20.4 Å². The van der Waals surface area contributed by atoms with Gasteiger partial charge in [0.05, 0.1) is 0 Å². The Hall–Kier alpha value is -0.460. The summed E-state index contributed by atoms with van der Waals surface area (Å²) in [6, 6.07) is 0. The van der Waals surface area contributed by atoms with Gasteiger partial charge in [0.15, 0.2) is 0 Å². The van der Waals surface area contributed by atoms with Crippen LogP contribution in [0.3, 0.4) is 0 Å². The summed E-state index contributed by atoms with van der Waals surface area (Å²) in [5, 5.41) is 0. The molecule has 2 rings (SSSR count). The quantitative estimate of drug-likeness (QED) is 0.679. The zero-order chi connectivity index (χ0) is 11.6. The van der Waals surface area contributed by atoms with E-state index in [-0.39, 0.29) is 0 Å². The van der Waals surface area contributed by atoms with Gasteiger partial charge in [-0.15, -0.1) is 0 Å². The van der Waals surface area contributed by atoms with Crippen LogP contribution in [0.1, 0.15) is 52.4 Å². The highest BCUT2D eigenvalue weighted by atomic mass is 15.1. The average molecular weight is 221 g/mol. The molecule has 1 spiro atoms. The van der Waals surface area contributed by atoms with Gasteiger partial charge in [0, 0.05) is 13.1 Å². The predicted octanol–water partition coefficient (Wildman–Crippen LogP) is 4.06. The van der Waals surface area contributed by atoms with Crippen molar-refractivity contribution < 1.29 is 0 Å². The molecule has 1 saturated carbocycles. The number of rotatable bonds is 2. The van der Waals surface area contributed by atoms with Gasteiger partial charge in [0.2, 0.25) is 0 Å². The summed E-state index contributed by atoms with van der Waals surface area (Å²) >= 11 is 0. The molecule has 0 aromatic carbocycles. The Balaban J connectivity index is 1.86. The van der Waals surface area contributed by atoms with Crippen LogP contribution in [0.25, 0.3) is 0 Å². The highest BCUT2D eigenvalue weighted by molar-refractivity contribution is 4.92. The molecule has 0 amide bonds. The monoisotopic (exact) mass is 221 g/mol. The molecule has 1 heterocycles. The van der Waals surface area contributed by atoms with Crippen molar-refractivity contribution in [3.63, 3.8) is 0 Å². The minimum absolute atomic E-state index is 0.713. The molecule has 0 aromatic rings. The lowest BCUT2D eigenvalue weighted by molar-refractivity contribution is 0.0598.